The topological polar surface area (TPSA) is 75.4 Å². The molecule has 2 fully saturated rings. The van der Waals surface area contributed by atoms with Crippen molar-refractivity contribution in [2.75, 3.05) is 6.54 Å². The number of carbonyl (C=O) groups excluding carboxylic acids is 1. The Balaban J connectivity index is 1.84. The molecule has 0 spiro atoms. The standard InChI is InChI=1S/C15H21N3O3/c19-14(17-10-4-3-7-13(17)15(20)21)12-8-9-16-18(12)11-5-1-2-6-11/h8-9,11,13H,1-7,10H2,(H,20,21). The number of aliphatic carboxylic acids is 1. The lowest BCUT2D eigenvalue weighted by atomic mass is 10.0. The molecule has 0 radical (unpaired) electrons. The van der Waals surface area contributed by atoms with Crippen LogP contribution >= 0.6 is 0 Å². The molecule has 1 aromatic rings. The molecule has 1 aliphatic carbocycles. The van der Waals surface area contributed by atoms with Crippen molar-refractivity contribution in [1.29, 1.82) is 0 Å². The maximum atomic E-state index is 12.8. The molecule has 3 rings (SSSR count). The van der Waals surface area contributed by atoms with E-state index in [2.05, 4.69) is 5.10 Å². The monoisotopic (exact) mass is 291 g/mol. The average molecular weight is 291 g/mol. The highest BCUT2D eigenvalue weighted by Gasteiger charge is 2.34. The minimum absolute atomic E-state index is 0.188. The normalized spacial score (nSPS) is 23.4. The molecule has 1 saturated carbocycles. The van der Waals surface area contributed by atoms with Crippen LogP contribution in [0.5, 0.6) is 0 Å². The lowest BCUT2D eigenvalue weighted by Gasteiger charge is -2.33. The molecule has 114 valence electrons. The fourth-order valence-electron chi connectivity index (χ4n) is 3.50. The molecule has 0 aromatic carbocycles. The highest BCUT2D eigenvalue weighted by atomic mass is 16.4. The van der Waals surface area contributed by atoms with E-state index in [0.717, 1.165) is 25.7 Å². The summed E-state index contributed by atoms with van der Waals surface area (Å²) in [6.45, 7) is 0.519. The van der Waals surface area contributed by atoms with Crippen molar-refractivity contribution in [2.24, 2.45) is 0 Å². The maximum absolute atomic E-state index is 12.8. The van der Waals surface area contributed by atoms with Gasteiger partial charge in [-0.1, -0.05) is 12.8 Å². The summed E-state index contributed by atoms with van der Waals surface area (Å²) < 4.78 is 1.81. The third kappa shape index (κ3) is 2.66. The Morgan fingerprint density at radius 3 is 2.57 bits per heavy atom. The minimum Gasteiger partial charge on any atom is -0.480 e. The number of nitrogens with zero attached hydrogens (tertiary/aromatic N) is 3. The Bertz CT molecular complexity index is 534. The van der Waals surface area contributed by atoms with Crippen molar-refractivity contribution in [3.63, 3.8) is 0 Å². The second-order valence-electron chi connectivity index (χ2n) is 5.95. The lowest BCUT2D eigenvalue weighted by Crippen LogP contribution is -2.48. The molecular weight excluding hydrogens is 270 g/mol. The van der Waals surface area contributed by atoms with Crippen molar-refractivity contribution in [1.82, 2.24) is 14.7 Å². The van der Waals surface area contributed by atoms with Gasteiger partial charge in [0.2, 0.25) is 0 Å². The van der Waals surface area contributed by atoms with Crippen LogP contribution in [0.3, 0.4) is 0 Å². The average Bonchev–Trinajstić information content (AvgIpc) is 3.16. The predicted octanol–water partition coefficient (Wildman–Crippen LogP) is 2.08. The molecular formula is C15H21N3O3. The summed E-state index contributed by atoms with van der Waals surface area (Å²) in [7, 11) is 0. The van der Waals surface area contributed by atoms with Crippen LogP contribution in [0.25, 0.3) is 0 Å². The summed E-state index contributed by atoms with van der Waals surface area (Å²) in [5, 5.41) is 13.6. The molecule has 2 heterocycles. The van der Waals surface area contributed by atoms with E-state index in [9.17, 15) is 14.7 Å². The van der Waals surface area contributed by atoms with Crippen LogP contribution in [0.15, 0.2) is 12.3 Å². The van der Waals surface area contributed by atoms with Gasteiger partial charge in [-0.25, -0.2) is 4.79 Å². The summed E-state index contributed by atoms with van der Waals surface area (Å²) in [6, 6.07) is 1.30. The van der Waals surface area contributed by atoms with E-state index in [-0.39, 0.29) is 11.9 Å². The first-order chi connectivity index (χ1) is 10.2. The Kier molecular flexibility index (Phi) is 3.94. The first-order valence-corrected chi connectivity index (χ1v) is 7.76. The van der Waals surface area contributed by atoms with Gasteiger partial charge in [-0.05, 0) is 38.2 Å². The smallest absolute Gasteiger partial charge is 0.326 e. The zero-order valence-corrected chi connectivity index (χ0v) is 12.1. The van der Waals surface area contributed by atoms with Gasteiger partial charge < -0.3 is 10.0 Å². The maximum Gasteiger partial charge on any atom is 0.326 e. The third-order valence-corrected chi connectivity index (χ3v) is 4.61. The van der Waals surface area contributed by atoms with E-state index in [1.54, 1.807) is 12.3 Å². The molecule has 6 heteroatoms. The summed E-state index contributed by atoms with van der Waals surface area (Å²) in [5.41, 5.74) is 0.537. The first-order valence-electron chi connectivity index (χ1n) is 7.76. The van der Waals surface area contributed by atoms with Gasteiger partial charge in [-0.3, -0.25) is 9.48 Å². The van der Waals surface area contributed by atoms with Gasteiger partial charge in [-0.2, -0.15) is 5.10 Å². The van der Waals surface area contributed by atoms with Crippen LogP contribution in [-0.4, -0.2) is 44.3 Å². The number of likely N-dealkylation sites (tertiary alicyclic amines) is 1. The Hall–Kier alpha value is -1.85. The van der Waals surface area contributed by atoms with Gasteiger partial charge in [0.1, 0.15) is 11.7 Å². The SMILES string of the molecule is O=C(O)C1CCCCN1C(=O)c1ccnn1C1CCCC1. The van der Waals surface area contributed by atoms with Crippen LogP contribution < -0.4 is 0 Å². The number of hydrogen-bond acceptors (Lipinski definition) is 3. The Morgan fingerprint density at radius 2 is 1.86 bits per heavy atom. The van der Waals surface area contributed by atoms with Crippen LogP contribution in [-0.2, 0) is 4.79 Å². The molecule has 1 N–H and O–H groups in total. The summed E-state index contributed by atoms with van der Waals surface area (Å²) in [6.07, 6.45) is 8.34. The third-order valence-electron chi connectivity index (χ3n) is 4.61. The number of carboxylic acid groups (broad SMARTS) is 1. The lowest BCUT2D eigenvalue weighted by molar-refractivity contribution is -0.143. The Morgan fingerprint density at radius 1 is 1.14 bits per heavy atom. The molecule has 0 bridgehead atoms. The van der Waals surface area contributed by atoms with Gasteiger partial charge in [-0.15, -0.1) is 0 Å². The second-order valence-corrected chi connectivity index (χ2v) is 5.95. The van der Waals surface area contributed by atoms with Gasteiger partial charge in [0.25, 0.3) is 5.91 Å². The number of carbonyl (C=O) groups is 2. The number of aromatic nitrogens is 2. The quantitative estimate of drug-likeness (QED) is 0.925. The zero-order valence-electron chi connectivity index (χ0n) is 12.1. The van der Waals surface area contributed by atoms with E-state index in [1.165, 1.54) is 17.7 Å². The van der Waals surface area contributed by atoms with E-state index >= 15 is 0 Å². The van der Waals surface area contributed by atoms with Gasteiger partial charge in [0, 0.05) is 12.7 Å². The molecule has 1 aliphatic heterocycles. The number of hydrogen-bond donors (Lipinski definition) is 1. The number of carboxylic acids is 1. The van der Waals surface area contributed by atoms with Crippen LogP contribution in [0, 0.1) is 0 Å². The zero-order chi connectivity index (χ0) is 14.8. The molecule has 2 aliphatic rings. The van der Waals surface area contributed by atoms with E-state index < -0.39 is 12.0 Å². The highest BCUT2D eigenvalue weighted by molar-refractivity contribution is 5.95. The minimum atomic E-state index is -0.907. The Labute approximate surface area is 123 Å². The summed E-state index contributed by atoms with van der Waals surface area (Å²) in [4.78, 5) is 25.6. The van der Waals surface area contributed by atoms with Crippen molar-refractivity contribution in [2.45, 2.75) is 57.0 Å². The molecule has 1 saturated heterocycles. The molecule has 21 heavy (non-hydrogen) atoms. The van der Waals surface area contributed by atoms with Crippen molar-refractivity contribution >= 4 is 11.9 Å². The van der Waals surface area contributed by atoms with Gasteiger partial charge >= 0.3 is 5.97 Å². The number of amides is 1. The van der Waals surface area contributed by atoms with Crippen molar-refractivity contribution in [3.8, 4) is 0 Å². The largest absolute Gasteiger partial charge is 0.480 e. The first kappa shape index (κ1) is 14.1. The molecule has 1 atom stereocenters. The molecule has 1 unspecified atom stereocenters. The summed E-state index contributed by atoms with van der Waals surface area (Å²) in [5.74, 6) is -1.10. The second kappa shape index (κ2) is 5.87. The van der Waals surface area contributed by atoms with Crippen molar-refractivity contribution < 1.29 is 14.7 Å². The van der Waals surface area contributed by atoms with Crippen molar-refractivity contribution in [3.05, 3.63) is 18.0 Å². The van der Waals surface area contributed by atoms with Gasteiger partial charge in [0.05, 0.1) is 6.04 Å². The highest BCUT2D eigenvalue weighted by Crippen LogP contribution is 2.30. The van der Waals surface area contributed by atoms with E-state index in [1.807, 2.05) is 4.68 Å². The molecule has 6 nitrogen and oxygen atoms in total. The fourth-order valence-corrected chi connectivity index (χ4v) is 3.50. The number of rotatable bonds is 3. The molecule has 1 aromatic heterocycles. The van der Waals surface area contributed by atoms with E-state index in [4.69, 9.17) is 0 Å². The van der Waals surface area contributed by atoms with E-state index in [0.29, 0.717) is 18.7 Å². The predicted molar refractivity (Wildman–Crippen MR) is 76.0 cm³/mol. The van der Waals surface area contributed by atoms with Crippen LogP contribution in [0.1, 0.15) is 61.5 Å². The van der Waals surface area contributed by atoms with Gasteiger partial charge in [0.15, 0.2) is 0 Å². The van der Waals surface area contributed by atoms with Crippen LogP contribution in [0.4, 0.5) is 0 Å². The summed E-state index contributed by atoms with van der Waals surface area (Å²) >= 11 is 0. The molecule has 1 amide bonds. The fraction of sp³-hybridized carbons (Fsp3) is 0.667. The number of piperidine rings is 1. The van der Waals surface area contributed by atoms with Crippen LogP contribution in [0.2, 0.25) is 0 Å².